The molecule has 1 aromatic rings. The van der Waals surface area contributed by atoms with Crippen LogP contribution in [-0.2, 0) is 6.42 Å². The molecular weight excluding hydrogens is 198 g/mol. The van der Waals surface area contributed by atoms with Crippen molar-refractivity contribution >= 4 is 0 Å². The predicted molar refractivity (Wildman–Crippen MR) is 67.9 cm³/mol. The van der Waals surface area contributed by atoms with Crippen LogP contribution in [0.25, 0.3) is 0 Å². The highest BCUT2D eigenvalue weighted by molar-refractivity contribution is 5.27. The van der Waals surface area contributed by atoms with E-state index in [-0.39, 0.29) is 5.54 Å². The van der Waals surface area contributed by atoms with Crippen molar-refractivity contribution in [1.29, 1.82) is 0 Å². The molecule has 0 aromatic heterocycles. The van der Waals surface area contributed by atoms with E-state index in [4.69, 9.17) is 4.74 Å². The van der Waals surface area contributed by atoms with Crippen LogP contribution >= 0.6 is 0 Å². The maximum absolute atomic E-state index is 5.67. The van der Waals surface area contributed by atoms with Gasteiger partial charge in [0.25, 0.3) is 0 Å². The van der Waals surface area contributed by atoms with Gasteiger partial charge in [-0.2, -0.15) is 0 Å². The van der Waals surface area contributed by atoms with Crippen LogP contribution in [0.2, 0.25) is 0 Å². The van der Waals surface area contributed by atoms with Gasteiger partial charge in [-0.05, 0) is 44.9 Å². The van der Waals surface area contributed by atoms with Crippen molar-refractivity contribution in [2.45, 2.75) is 39.7 Å². The van der Waals surface area contributed by atoms with Crippen LogP contribution in [0.4, 0.5) is 0 Å². The lowest BCUT2D eigenvalue weighted by Gasteiger charge is -2.16. The van der Waals surface area contributed by atoms with Crippen LogP contribution < -0.4 is 10.1 Å². The molecule has 0 saturated carbocycles. The minimum absolute atomic E-state index is 0.287. The van der Waals surface area contributed by atoms with E-state index in [9.17, 15) is 0 Å². The summed E-state index contributed by atoms with van der Waals surface area (Å²) in [5.41, 5.74) is 1.64. The second-order valence-corrected chi connectivity index (χ2v) is 5.20. The lowest BCUT2D eigenvalue weighted by Crippen LogP contribution is -2.95. The van der Waals surface area contributed by atoms with Crippen LogP contribution in [-0.4, -0.2) is 18.7 Å². The highest BCUT2D eigenvalue weighted by atomic mass is 16.5. The SMILES string of the molecule is CCc1ccc(OCC[NH2+]C(C)(C)C)cc1. The zero-order chi connectivity index (χ0) is 12.0. The van der Waals surface area contributed by atoms with E-state index >= 15 is 0 Å². The van der Waals surface area contributed by atoms with E-state index in [1.54, 1.807) is 0 Å². The number of nitrogens with two attached hydrogens (primary N) is 1. The monoisotopic (exact) mass is 222 g/mol. The first-order valence-corrected chi connectivity index (χ1v) is 6.07. The molecule has 2 nitrogen and oxygen atoms in total. The molecule has 1 rings (SSSR count). The Morgan fingerprint density at radius 3 is 2.25 bits per heavy atom. The van der Waals surface area contributed by atoms with Gasteiger partial charge in [0.2, 0.25) is 0 Å². The fraction of sp³-hybridized carbons (Fsp3) is 0.571. The summed E-state index contributed by atoms with van der Waals surface area (Å²) in [5.74, 6) is 0.972. The summed E-state index contributed by atoms with van der Waals surface area (Å²) < 4.78 is 5.67. The molecule has 1 aromatic carbocycles. The minimum atomic E-state index is 0.287. The molecule has 0 amide bonds. The van der Waals surface area contributed by atoms with Gasteiger partial charge in [0.15, 0.2) is 0 Å². The molecule has 2 N–H and O–H groups in total. The topological polar surface area (TPSA) is 25.8 Å². The normalized spacial score (nSPS) is 11.5. The van der Waals surface area contributed by atoms with E-state index < -0.39 is 0 Å². The van der Waals surface area contributed by atoms with Gasteiger partial charge in [-0.25, -0.2) is 0 Å². The van der Waals surface area contributed by atoms with E-state index in [0.717, 1.165) is 25.3 Å². The molecule has 0 unspecified atom stereocenters. The Hall–Kier alpha value is -1.02. The number of quaternary nitrogens is 1. The quantitative estimate of drug-likeness (QED) is 0.758. The first kappa shape index (κ1) is 13.0. The smallest absolute Gasteiger partial charge is 0.137 e. The number of rotatable bonds is 5. The largest absolute Gasteiger partial charge is 0.488 e. The van der Waals surface area contributed by atoms with Gasteiger partial charge in [0.1, 0.15) is 18.9 Å². The van der Waals surface area contributed by atoms with Gasteiger partial charge in [-0.1, -0.05) is 19.1 Å². The number of aryl methyl sites for hydroxylation is 1. The molecule has 0 spiro atoms. The van der Waals surface area contributed by atoms with E-state index in [2.05, 4.69) is 57.3 Å². The summed E-state index contributed by atoms with van der Waals surface area (Å²) >= 11 is 0. The molecule has 0 heterocycles. The Bertz CT molecular complexity index is 298. The zero-order valence-corrected chi connectivity index (χ0v) is 10.9. The van der Waals surface area contributed by atoms with Crippen molar-refractivity contribution in [3.63, 3.8) is 0 Å². The Morgan fingerprint density at radius 2 is 1.75 bits per heavy atom. The van der Waals surface area contributed by atoms with Crippen molar-refractivity contribution in [3.8, 4) is 5.75 Å². The molecule has 0 aliphatic carbocycles. The summed E-state index contributed by atoms with van der Waals surface area (Å²) in [6, 6.07) is 8.36. The van der Waals surface area contributed by atoms with E-state index in [0.29, 0.717) is 0 Å². The first-order valence-electron chi connectivity index (χ1n) is 6.07. The molecule has 0 radical (unpaired) electrons. The third-order valence-electron chi connectivity index (χ3n) is 2.47. The Morgan fingerprint density at radius 1 is 1.12 bits per heavy atom. The van der Waals surface area contributed by atoms with E-state index in [1.807, 2.05) is 0 Å². The number of hydrogen-bond acceptors (Lipinski definition) is 1. The fourth-order valence-electron chi connectivity index (χ4n) is 1.49. The fourth-order valence-corrected chi connectivity index (χ4v) is 1.49. The second kappa shape index (κ2) is 5.90. The predicted octanol–water partition coefficient (Wildman–Crippen LogP) is 1.99. The molecule has 0 fully saturated rings. The number of ether oxygens (including phenoxy) is 1. The van der Waals surface area contributed by atoms with Gasteiger partial charge >= 0.3 is 0 Å². The highest BCUT2D eigenvalue weighted by Crippen LogP contribution is 2.11. The molecule has 2 heteroatoms. The zero-order valence-electron chi connectivity index (χ0n) is 10.9. The third-order valence-corrected chi connectivity index (χ3v) is 2.47. The summed E-state index contributed by atoms with van der Waals surface area (Å²) in [4.78, 5) is 0. The lowest BCUT2D eigenvalue weighted by molar-refractivity contribution is -0.717. The van der Waals surface area contributed by atoms with Crippen molar-refractivity contribution in [2.75, 3.05) is 13.2 Å². The summed E-state index contributed by atoms with van der Waals surface area (Å²) in [7, 11) is 0. The Kier molecular flexibility index (Phi) is 4.81. The Balaban J connectivity index is 2.27. The van der Waals surface area contributed by atoms with Crippen molar-refractivity contribution in [1.82, 2.24) is 0 Å². The maximum atomic E-state index is 5.67. The van der Waals surface area contributed by atoms with Crippen molar-refractivity contribution in [2.24, 2.45) is 0 Å². The molecule has 0 bridgehead atoms. The summed E-state index contributed by atoms with van der Waals surface area (Å²) in [6.45, 7) is 10.6. The molecule has 0 atom stereocenters. The van der Waals surface area contributed by atoms with Gasteiger partial charge in [0, 0.05) is 0 Å². The third kappa shape index (κ3) is 5.17. The van der Waals surface area contributed by atoms with Crippen LogP contribution in [0.5, 0.6) is 5.75 Å². The van der Waals surface area contributed by atoms with Crippen molar-refractivity contribution < 1.29 is 10.1 Å². The highest BCUT2D eigenvalue weighted by Gasteiger charge is 2.11. The molecule has 0 aliphatic rings. The Labute approximate surface area is 99.0 Å². The minimum Gasteiger partial charge on any atom is -0.488 e. The van der Waals surface area contributed by atoms with E-state index in [1.165, 1.54) is 5.56 Å². The second-order valence-electron chi connectivity index (χ2n) is 5.20. The summed E-state index contributed by atoms with van der Waals surface area (Å²) in [6.07, 6.45) is 1.08. The number of benzene rings is 1. The van der Waals surface area contributed by atoms with Crippen LogP contribution in [0.15, 0.2) is 24.3 Å². The first-order chi connectivity index (χ1) is 7.51. The van der Waals surface area contributed by atoms with Crippen LogP contribution in [0.1, 0.15) is 33.3 Å². The lowest BCUT2D eigenvalue weighted by atomic mass is 10.1. The van der Waals surface area contributed by atoms with Gasteiger partial charge in [-0.3, -0.25) is 0 Å². The molecule has 16 heavy (non-hydrogen) atoms. The molecular formula is C14H24NO+. The average Bonchev–Trinajstić information content (AvgIpc) is 2.24. The van der Waals surface area contributed by atoms with Gasteiger partial charge in [-0.15, -0.1) is 0 Å². The molecule has 90 valence electrons. The van der Waals surface area contributed by atoms with Crippen molar-refractivity contribution in [3.05, 3.63) is 29.8 Å². The molecule has 0 aliphatic heterocycles. The number of hydrogen-bond donors (Lipinski definition) is 1. The standard InChI is InChI=1S/C14H23NO/c1-5-12-6-8-13(9-7-12)16-11-10-15-14(2,3)4/h6-9,15H,5,10-11H2,1-4H3/p+1. The van der Waals surface area contributed by atoms with Gasteiger partial charge in [0.05, 0.1) is 5.54 Å². The average molecular weight is 222 g/mol. The van der Waals surface area contributed by atoms with Crippen LogP contribution in [0, 0.1) is 0 Å². The van der Waals surface area contributed by atoms with Gasteiger partial charge < -0.3 is 10.1 Å². The van der Waals surface area contributed by atoms with Crippen LogP contribution in [0.3, 0.4) is 0 Å². The maximum Gasteiger partial charge on any atom is 0.137 e. The summed E-state index contributed by atoms with van der Waals surface area (Å²) in [5, 5.41) is 2.30. The molecule has 0 saturated heterocycles.